The van der Waals surface area contributed by atoms with Crippen LogP contribution in [0.4, 0.5) is 5.82 Å². The van der Waals surface area contributed by atoms with Crippen molar-refractivity contribution in [3.05, 3.63) is 23.4 Å². The minimum absolute atomic E-state index is 0.128. The summed E-state index contributed by atoms with van der Waals surface area (Å²) in [4.78, 5) is 6.96. The minimum Gasteiger partial charge on any atom is -0.354 e. The number of rotatable bonds is 5. The molecule has 0 bridgehead atoms. The van der Waals surface area contributed by atoms with E-state index in [9.17, 15) is 0 Å². The first-order valence-electron chi connectivity index (χ1n) is 7.51. The molecule has 3 heteroatoms. The zero-order valence-corrected chi connectivity index (χ0v) is 14.5. The van der Waals surface area contributed by atoms with Crippen molar-refractivity contribution in [1.29, 1.82) is 0 Å². The molecule has 20 heavy (non-hydrogen) atoms. The molecule has 1 N–H and O–H groups in total. The van der Waals surface area contributed by atoms with Crippen LogP contribution < -0.4 is 10.2 Å². The standard InChI is InChI=1S/C17H31N3/c1-9-17(6,7)20(8)15-13(2)10-14(11-18-15)12-19-16(3,4)5/h10-11,19H,9,12H2,1-8H3. The summed E-state index contributed by atoms with van der Waals surface area (Å²) in [5.41, 5.74) is 2.74. The van der Waals surface area contributed by atoms with Gasteiger partial charge in [-0.1, -0.05) is 6.92 Å². The monoisotopic (exact) mass is 277 g/mol. The molecule has 114 valence electrons. The molecule has 1 rings (SSSR count). The number of nitrogens with zero attached hydrogens (tertiary/aromatic N) is 2. The van der Waals surface area contributed by atoms with E-state index < -0.39 is 0 Å². The van der Waals surface area contributed by atoms with E-state index in [0.29, 0.717) is 0 Å². The van der Waals surface area contributed by atoms with Crippen LogP contribution in [0.15, 0.2) is 12.3 Å². The lowest BCUT2D eigenvalue weighted by Crippen LogP contribution is -2.41. The summed E-state index contributed by atoms with van der Waals surface area (Å²) >= 11 is 0. The molecule has 0 fully saturated rings. The summed E-state index contributed by atoms with van der Waals surface area (Å²) in [6.07, 6.45) is 3.08. The Morgan fingerprint density at radius 3 is 2.25 bits per heavy atom. The maximum Gasteiger partial charge on any atom is 0.131 e. The van der Waals surface area contributed by atoms with E-state index in [1.807, 2.05) is 6.20 Å². The van der Waals surface area contributed by atoms with Crippen molar-refractivity contribution in [2.45, 2.75) is 72.5 Å². The quantitative estimate of drug-likeness (QED) is 0.884. The highest BCUT2D eigenvalue weighted by Crippen LogP contribution is 2.26. The molecule has 0 radical (unpaired) electrons. The van der Waals surface area contributed by atoms with Crippen molar-refractivity contribution in [3.8, 4) is 0 Å². The highest BCUT2D eigenvalue weighted by molar-refractivity contribution is 5.48. The van der Waals surface area contributed by atoms with E-state index >= 15 is 0 Å². The van der Waals surface area contributed by atoms with Crippen molar-refractivity contribution in [3.63, 3.8) is 0 Å². The van der Waals surface area contributed by atoms with Gasteiger partial charge in [-0.25, -0.2) is 4.98 Å². The lowest BCUT2D eigenvalue weighted by molar-refractivity contribution is 0.424. The molecular weight excluding hydrogens is 246 g/mol. The van der Waals surface area contributed by atoms with E-state index in [-0.39, 0.29) is 11.1 Å². The van der Waals surface area contributed by atoms with Gasteiger partial charge in [0.15, 0.2) is 0 Å². The lowest BCUT2D eigenvalue weighted by Gasteiger charge is -2.36. The van der Waals surface area contributed by atoms with Crippen molar-refractivity contribution >= 4 is 5.82 Å². The van der Waals surface area contributed by atoms with Crippen LogP contribution in [0, 0.1) is 6.92 Å². The molecule has 3 nitrogen and oxygen atoms in total. The Bertz CT molecular complexity index is 444. The molecule has 0 saturated carbocycles. The second-order valence-corrected chi connectivity index (χ2v) is 7.31. The van der Waals surface area contributed by atoms with Gasteiger partial charge < -0.3 is 10.2 Å². The van der Waals surface area contributed by atoms with Gasteiger partial charge in [0.25, 0.3) is 0 Å². The highest BCUT2D eigenvalue weighted by atomic mass is 15.2. The summed E-state index contributed by atoms with van der Waals surface area (Å²) in [6.45, 7) is 16.3. The highest BCUT2D eigenvalue weighted by Gasteiger charge is 2.23. The fourth-order valence-corrected chi connectivity index (χ4v) is 1.96. The number of anilines is 1. The first kappa shape index (κ1) is 17.0. The van der Waals surface area contributed by atoms with Crippen LogP contribution in [0.3, 0.4) is 0 Å². The van der Waals surface area contributed by atoms with Crippen LogP contribution >= 0.6 is 0 Å². The molecule has 1 aromatic rings. The molecule has 0 aromatic carbocycles. The first-order chi connectivity index (χ1) is 9.07. The third-order valence-electron chi connectivity index (χ3n) is 4.02. The van der Waals surface area contributed by atoms with Gasteiger partial charge in [-0.15, -0.1) is 0 Å². The van der Waals surface area contributed by atoms with Crippen LogP contribution in [0.1, 0.15) is 59.1 Å². The van der Waals surface area contributed by atoms with Gasteiger partial charge in [-0.3, -0.25) is 0 Å². The fraction of sp³-hybridized carbons (Fsp3) is 0.706. The van der Waals surface area contributed by atoms with Gasteiger partial charge in [0.1, 0.15) is 5.82 Å². The zero-order valence-electron chi connectivity index (χ0n) is 14.5. The molecule has 1 aromatic heterocycles. The molecular formula is C17H31N3. The number of hydrogen-bond acceptors (Lipinski definition) is 3. The van der Waals surface area contributed by atoms with E-state index in [4.69, 9.17) is 0 Å². The van der Waals surface area contributed by atoms with Crippen LogP contribution in [0.25, 0.3) is 0 Å². The number of pyridine rings is 1. The predicted molar refractivity (Wildman–Crippen MR) is 88.3 cm³/mol. The SMILES string of the molecule is CCC(C)(C)N(C)c1ncc(CNC(C)(C)C)cc1C. The van der Waals surface area contributed by atoms with Gasteiger partial charge in [-0.2, -0.15) is 0 Å². The fourth-order valence-electron chi connectivity index (χ4n) is 1.96. The van der Waals surface area contributed by atoms with Gasteiger partial charge >= 0.3 is 0 Å². The molecule has 0 saturated heterocycles. The largest absolute Gasteiger partial charge is 0.354 e. The summed E-state index contributed by atoms with van der Waals surface area (Å²) < 4.78 is 0. The molecule has 0 atom stereocenters. The molecule has 1 heterocycles. The molecule has 0 amide bonds. The predicted octanol–water partition coefficient (Wildman–Crippen LogP) is 3.90. The Balaban J connectivity index is 2.89. The molecule has 0 unspecified atom stereocenters. The Labute approximate surface area is 124 Å². The lowest BCUT2D eigenvalue weighted by atomic mass is 9.99. The van der Waals surface area contributed by atoms with Crippen molar-refractivity contribution < 1.29 is 0 Å². The van der Waals surface area contributed by atoms with Crippen LogP contribution in [0.2, 0.25) is 0 Å². The smallest absolute Gasteiger partial charge is 0.131 e. The third kappa shape index (κ3) is 4.48. The number of nitrogens with one attached hydrogen (secondary N) is 1. The van der Waals surface area contributed by atoms with Gasteiger partial charge in [0, 0.05) is 30.9 Å². The average Bonchev–Trinajstić information content (AvgIpc) is 2.35. The summed E-state index contributed by atoms with van der Waals surface area (Å²) in [5, 5.41) is 3.50. The molecule has 0 aliphatic heterocycles. The summed E-state index contributed by atoms with van der Waals surface area (Å²) in [5.74, 6) is 1.08. The summed E-state index contributed by atoms with van der Waals surface area (Å²) in [7, 11) is 2.13. The number of aryl methyl sites for hydroxylation is 1. The zero-order chi connectivity index (χ0) is 15.6. The normalized spacial score (nSPS) is 12.6. The van der Waals surface area contributed by atoms with E-state index in [0.717, 1.165) is 18.8 Å². The number of hydrogen-bond donors (Lipinski definition) is 1. The Hall–Kier alpha value is -1.09. The van der Waals surface area contributed by atoms with E-state index in [2.05, 4.69) is 76.8 Å². The van der Waals surface area contributed by atoms with Crippen molar-refractivity contribution in [2.24, 2.45) is 0 Å². The van der Waals surface area contributed by atoms with E-state index in [1.165, 1.54) is 11.1 Å². The Morgan fingerprint density at radius 1 is 1.20 bits per heavy atom. The van der Waals surface area contributed by atoms with Crippen molar-refractivity contribution in [2.75, 3.05) is 11.9 Å². The maximum atomic E-state index is 4.68. The van der Waals surface area contributed by atoms with Crippen LogP contribution in [-0.2, 0) is 6.54 Å². The second-order valence-electron chi connectivity index (χ2n) is 7.31. The summed E-state index contributed by atoms with van der Waals surface area (Å²) in [6, 6.07) is 2.24. The molecule has 0 aliphatic carbocycles. The van der Waals surface area contributed by atoms with Crippen LogP contribution in [0.5, 0.6) is 0 Å². The topological polar surface area (TPSA) is 28.2 Å². The third-order valence-corrected chi connectivity index (χ3v) is 4.02. The van der Waals surface area contributed by atoms with Gasteiger partial charge in [0.2, 0.25) is 0 Å². The molecule has 0 aliphatic rings. The maximum absolute atomic E-state index is 4.68. The number of aromatic nitrogens is 1. The van der Waals surface area contributed by atoms with Gasteiger partial charge in [-0.05, 0) is 65.2 Å². The van der Waals surface area contributed by atoms with E-state index in [1.54, 1.807) is 0 Å². The van der Waals surface area contributed by atoms with Crippen LogP contribution in [-0.4, -0.2) is 23.1 Å². The second kappa shape index (κ2) is 6.13. The Kier molecular flexibility index (Phi) is 5.20. The average molecular weight is 277 g/mol. The molecule has 0 spiro atoms. The Morgan fingerprint density at radius 2 is 1.80 bits per heavy atom. The first-order valence-corrected chi connectivity index (χ1v) is 7.51. The van der Waals surface area contributed by atoms with Gasteiger partial charge in [0.05, 0.1) is 0 Å². The minimum atomic E-state index is 0.128. The van der Waals surface area contributed by atoms with Crippen molar-refractivity contribution in [1.82, 2.24) is 10.3 Å².